The van der Waals surface area contributed by atoms with E-state index in [-0.39, 0.29) is 5.82 Å². The lowest BCUT2D eigenvalue weighted by atomic mass is 10.0. The van der Waals surface area contributed by atoms with Crippen LogP contribution >= 0.6 is 23.2 Å². The molecule has 17 heavy (non-hydrogen) atoms. The first-order valence-electron chi connectivity index (χ1n) is 4.95. The topological polar surface area (TPSA) is 25.8 Å². The molecule has 2 nitrogen and oxygen atoms in total. The van der Waals surface area contributed by atoms with Gasteiger partial charge in [0.1, 0.15) is 5.82 Å². The van der Waals surface area contributed by atoms with Crippen LogP contribution < -0.4 is 0 Å². The first-order valence-corrected chi connectivity index (χ1v) is 5.71. The quantitative estimate of drug-likeness (QED) is 0.776. The van der Waals surface area contributed by atoms with Gasteiger partial charge in [-0.25, -0.2) is 4.39 Å². The Morgan fingerprint density at radius 3 is 2.41 bits per heavy atom. The number of aromatic nitrogens is 2. The Kier molecular flexibility index (Phi) is 3.31. The second-order valence-electron chi connectivity index (χ2n) is 3.71. The van der Waals surface area contributed by atoms with Gasteiger partial charge in [-0.3, -0.25) is 0 Å². The summed E-state index contributed by atoms with van der Waals surface area (Å²) in [6.45, 7) is 3.73. The van der Waals surface area contributed by atoms with E-state index >= 15 is 0 Å². The van der Waals surface area contributed by atoms with E-state index in [2.05, 4.69) is 10.2 Å². The first-order chi connectivity index (χ1) is 8.00. The summed E-state index contributed by atoms with van der Waals surface area (Å²) in [6, 6.07) is 4.18. The first kappa shape index (κ1) is 12.3. The molecule has 0 fully saturated rings. The third kappa shape index (κ3) is 2.26. The van der Waals surface area contributed by atoms with Crippen molar-refractivity contribution in [3.63, 3.8) is 0 Å². The van der Waals surface area contributed by atoms with Gasteiger partial charge in [0, 0.05) is 5.56 Å². The fraction of sp³-hybridized carbons (Fsp3) is 0.167. The normalized spacial score (nSPS) is 10.6. The summed E-state index contributed by atoms with van der Waals surface area (Å²) in [6.07, 6.45) is 0. The van der Waals surface area contributed by atoms with Gasteiger partial charge < -0.3 is 0 Å². The predicted octanol–water partition coefficient (Wildman–Crippen LogP) is 4.21. The summed E-state index contributed by atoms with van der Waals surface area (Å²) in [5.74, 6) is -0.380. The minimum Gasteiger partial charge on any atom is -0.207 e. The number of rotatable bonds is 1. The molecule has 2 aromatic rings. The number of hydrogen-bond donors (Lipinski definition) is 0. The lowest BCUT2D eigenvalue weighted by Crippen LogP contribution is -1.97. The number of halogens is 3. The second-order valence-corrected chi connectivity index (χ2v) is 4.48. The Morgan fingerprint density at radius 1 is 1.06 bits per heavy atom. The number of benzene rings is 1. The average molecular weight is 271 g/mol. The van der Waals surface area contributed by atoms with Crippen LogP contribution in [0.4, 0.5) is 4.39 Å². The van der Waals surface area contributed by atoms with E-state index in [4.69, 9.17) is 23.2 Å². The zero-order valence-electron chi connectivity index (χ0n) is 9.26. The van der Waals surface area contributed by atoms with Gasteiger partial charge in [0.25, 0.3) is 0 Å². The van der Waals surface area contributed by atoms with E-state index in [0.29, 0.717) is 21.4 Å². The van der Waals surface area contributed by atoms with Crippen LogP contribution in [0, 0.1) is 19.7 Å². The van der Waals surface area contributed by atoms with Gasteiger partial charge in [-0.2, -0.15) is 0 Å². The molecule has 0 unspecified atom stereocenters. The smallest absolute Gasteiger partial charge is 0.154 e. The van der Waals surface area contributed by atoms with E-state index in [1.165, 1.54) is 12.1 Å². The fourth-order valence-electron chi connectivity index (χ4n) is 1.51. The number of nitrogens with zero attached hydrogens (tertiary/aromatic N) is 2. The van der Waals surface area contributed by atoms with Crippen molar-refractivity contribution in [2.24, 2.45) is 0 Å². The van der Waals surface area contributed by atoms with Crippen molar-refractivity contribution in [2.45, 2.75) is 13.8 Å². The summed E-state index contributed by atoms with van der Waals surface area (Å²) in [5.41, 5.74) is 3.00. The van der Waals surface area contributed by atoms with Crippen molar-refractivity contribution in [1.29, 1.82) is 0 Å². The fourth-order valence-corrected chi connectivity index (χ4v) is 1.95. The van der Waals surface area contributed by atoms with Crippen molar-refractivity contribution < 1.29 is 4.39 Å². The highest BCUT2D eigenvalue weighted by Gasteiger charge is 2.13. The van der Waals surface area contributed by atoms with Gasteiger partial charge in [-0.15, -0.1) is 10.2 Å². The van der Waals surface area contributed by atoms with Crippen LogP contribution in [0.25, 0.3) is 11.3 Å². The highest BCUT2D eigenvalue weighted by Crippen LogP contribution is 2.31. The summed E-state index contributed by atoms with van der Waals surface area (Å²) >= 11 is 11.9. The van der Waals surface area contributed by atoms with Crippen LogP contribution in [0.3, 0.4) is 0 Å². The Bertz CT molecular complexity index is 585. The van der Waals surface area contributed by atoms with Crippen molar-refractivity contribution in [3.8, 4) is 11.3 Å². The van der Waals surface area contributed by atoms with Crippen LogP contribution in [0.1, 0.15) is 11.1 Å². The van der Waals surface area contributed by atoms with E-state index < -0.39 is 0 Å². The van der Waals surface area contributed by atoms with Crippen LogP contribution in [-0.2, 0) is 0 Å². The molecule has 2 rings (SSSR count). The molecule has 1 heterocycles. The molecule has 5 heteroatoms. The second kappa shape index (κ2) is 4.59. The minimum absolute atomic E-state index is 0.309. The molecule has 0 spiro atoms. The predicted molar refractivity (Wildman–Crippen MR) is 66.9 cm³/mol. The van der Waals surface area contributed by atoms with E-state index in [9.17, 15) is 4.39 Å². The molecule has 0 amide bonds. The Balaban J connectivity index is 2.65. The average Bonchev–Trinajstić information content (AvgIpc) is 2.28. The highest BCUT2D eigenvalue weighted by molar-refractivity contribution is 6.33. The molecule has 0 N–H and O–H groups in total. The molecule has 0 saturated heterocycles. The third-order valence-corrected chi connectivity index (χ3v) is 3.32. The SMILES string of the molecule is Cc1c(Cl)nnc(-c2ccc(F)cc2Cl)c1C. The molecular weight excluding hydrogens is 262 g/mol. The Morgan fingerprint density at radius 2 is 1.76 bits per heavy atom. The van der Waals surface area contributed by atoms with Gasteiger partial charge >= 0.3 is 0 Å². The zero-order chi connectivity index (χ0) is 12.6. The molecule has 0 saturated carbocycles. The lowest BCUT2D eigenvalue weighted by molar-refractivity contribution is 0.628. The molecular formula is C12H9Cl2FN2. The molecule has 0 radical (unpaired) electrons. The number of hydrogen-bond acceptors (Lipinski definition) is 2. The zero-order valence-corrected chi connectivity index (χ0v) is 10.8. The van der Waals surface area contributed by atoms with Crippen LogP contribution in [0.15, 0.2) is 18.2 Å². The van der Waals surface area contributed by atoms with Gasteiger partial charge in [-0.1, -0.05) is 23.2 Å². The van der Waals surface area contributed by atoms with Gasteiger partial charge in [0.2, 0.25) is 0 Å². The maximum atomic E-state index is 13.0. The standard InChI is InChI=1S/C12H9Cl2FN2/c1-6-7(2)12(14)17-16-11(6)9-4-3-8(15)5-10(9)13/h3-5H,1-2H3. The van der Waals surface area contributed by atoms with E-state index in [0.717, 1.165) is 11.1 Å². The molecule has 0 aliphatic rings. The van der Waals surface area contributed by atoms with Crippen LogP contribution in [0.5, 0.6) is 0 Å². The third-order valence-electron chi connectivity index (χ3n) is 2.65. The molecule has 0 aliphatic carbocycles. The lowest BCUT2D eigenvalue weighted by Gasteiger charge is -2.09. The maximum Gasteiger partial charge on any atom is 0.154 e. The molecule has 0 aliphatic heterocycles. The molecule has 88 valence electrons. The van der Waals surface area contributed by atoms with E-state index in [1.807, 2.05) is 13.8 Å². The van der Waals surface area contributed by atoms with E-state index in [1.54, 1.807) is 6.07 Å². The van der Waals surface area contributed by atoms with Crippen molar-refractivity contribution in [3.05, 3.63) is 45.3 Å². The van der Waals surface area contributed by atoms with Gasteiger partial charge in [0.05, 0.1) is 10.7 Å². The summed E-state index contributed by atoms with van der Waals surface area (Å²) < 4.78 is 13.0. The summed E-state index contributed by atoms with van der Waals surface area (Å²) in [7, 11) is 0. The monoisotopic (exact) mass is 270 g/mol. The molecule has 1 aromatic carbocycles. The van der Waals surface area contributed by atoms with Crippen LogP contribution in [-0.4, -0.2) is 10.2 Å². The van der Waals surface area contributed by atoms with Crippen molar-refractivity contribution >= 4 is 23.2 Å². The van der Waals surface area contributed by atoms with Crippen molar-refractivity contribution in [1.82, 2.24) is 10.2 Å². The Labute approximate surface area is 108 Å². The summed E-state index contributed by atoms with van der Waals surface area (Å²) in [4.78, 5) is 0. The molecule has 1 aromatic heterocycles. The minimum atomic E-state index is -0.380. The van der Waals surface area contributed by atoms with Crippen molar-refractivity contribution in [2.75, 3.05) is 0 Å². The molecule has 0 atom stereocenters. The van der Waals surface area contributed by atoms with Crippen LogP contribution in [0.2, 0.25) is 10.2 Å². The summed E-state index contributed by atoms with van der Waals surface area (Å²) in [5, 5.41) is 8.53. The highest BCUT2D eigenvalue weighted by atomic mass is 35.5. The Hall–Kier alpha value is -1.19. The largest absolute Gasteiger partial charge is 0.207 e. The van der Waals surface area contributed by atoms with Gasteiger partial charge in [-0.05, 0) is 43.2 Å². The maximum absolute atomic E-state index is 13.0. The molecule has 0 bridgehead atoms. The van der Waals surface area contributed by atoms with Gasteiger partial charge in [0.15, 0.2) is 5.15 Å².